The van der Waals surface area contributed by atoms with Crippen LogP contribution in [-0.4, -0.2) is 37.2 Å². The number of carbonyl (C=O) groups excluding carboxylic acids is 3. The van der Waals surface area contributed by atoms with E-state index in [9.17, 15) is 14.4 Å². The lowest BCUT2D eigenvalue weighted by Crippen LogP contribution is -2.30. The maximum atomic E-state index is 12.9. The highest BCUT2D eigenvalue weighted by Crippen LogP contribution is 2.18. The molecule has 0 aromatic carbocycles. The molecule has 6 heteroatoms. The van der Waals surface area contributed by atoms with Gasteiger partial charge < -0.3 is 14.2 Å². The molecule has 6 nitrogen and oxygen atoms in total. The van der Waals surface area contributed by atoms with Crippen molar-refractivity contribution in [1.29, 1.82) is 0 Å². The van der Waals surface area contributed by atoms with E-state index in [1.54, 1.807) is 0 Å². The molecule has 0 aliphatic rings. The summed E-state index contributed by atoms with van der Waals surface area (Å²) in [6.07, 6.45) is 96.1. The zero-order valence-corrected chi connectivity index (χ0v) is 54.9. The first-order chi connectivity index (χ1) is 41.0. The van der Waals surface area contributed by atoms with Crippen LogP contribution in [0.1, 0.15) is 355 Å². The molecule has 0 amide bonds. The van der Waals surface area contributed by atoms with Gasteiger partial charge in [-0.2, -0.15) is 0 Å². The van der Waals surface area contributed by atoms with Crippen LogP contribution in [0.2, 0.25) is 0 Å². The number of unbranched alkanes of at least 4 members (excludes halogenated alkanes) is 38. The van der Waals surface area contributed by atoms with Crippen LogP contribution in [0.15, 0.2) is 97.2 Å². The molecular formula is C77H134O6. The molecule has 0 aliphatic carbocycles. The Labute approximate surface area is 515 Å². The summed E-state index contributed by atoms with van der Waals surface area (Å²) in [6, 6.07) is 0. The van der Waals surface area contributed by atoms with Crippen molar-refractivity contribution in [1.82, 2.24) is 0 Å². The van der Waals surface area contributed by atoms with Crippen molar-refractivity contribution in [2.75, 3.05) is 13.2 Å². The smallest absolute Gasteiger partial charge is 0.306 e. The van der Waals surface area contributed by atoms with E-state index in [0.29, 0.717) is 19.3 Å². The van der Waals surface area contributed by atoms with Gasteiger partial charge in [-0.15, -0.1) is 0 Å². The number of allylic oxidation sites excluding steroid dienone is 16. The Kier molecular flexibility index (Phi) is 67.7. The number of hydrogen-bond donors (Lipinski definition) is 0. The standard InChI is InChI=1S/C77H134O6/c1-4-7-10-13-16-18-20-22-24-26-28-30-32-33-34-35-36-37-38-39-40-41-42-43-45-46-48-50-52-54-56-58-61-64-67-70-76(79)82-73-74(72-81-75(78)69-66-63-60-15-12-9-6-3)83-77(80)71-68-65-62-59-57-55-53-51-49-47-44-31-29-27-25-23-21-19-17-14-11-8-5-2/h7,10,16,18,22,24,28,30,33-34,36-37,39-40,42-43,74H,4-6,8-9,11-15,17,19-21,23,25-27,29,31-32,35,38,41,44-73H2,1-3H3/b10-7-,18-16-,24-22-,30-28-,34-33-,37-36-,40-39-,43-42-. The maximum Gasteiger partial charge on any atom is 0.306 e. The minimum atomic E-state index is -0.775. The average Bonchev–Trinajstić information content (AvgIpc) is 3.49. The maximum absolute atomic E-state index is 12.9. The second-order valence-electron chi connectivity index (χ2n) is 23.8. The van der Waals surface area contributed by atoms with Crippen LogP contribution < -0.4 is 0 Å². The zero-order valence-electron chi connectivity index (χ0n) is 54.9. The molecule has 0 rings (SSSR count). The summed E-state index contributed by atoms with van der Waals surface area (Å²) in [6.45, 7) is 6.53. The molecule has 0 saturated heterocycles. The molecule has 0 N–H and O–H groups in total. The Balaban J connectivity index is 4.07. The van der Waals surface area contributed by atoms with Crippen molar-refractivity contribution >= 4 is 17.9 Å². The van der Waals surface area contributed by atoms with E-state index >= 15 is 0 Å². The number of ether oxygens (including phenoxy) is 3. The van der Waals surface area contributed by atoms with Crippen LogP contribution in [0.25, 0.3) is 0 Å². The highest BCUT2D eigenvalue weighted by atomic mass is 16.6. The number of hydrogen-bond acceptors (Lipinski definition) is 6. The second-order valence-corrected chi connectivity index (χ2v) is 23.8. The fraction of sp³-hybridized carbons (Fsp3) is 0.753. The fourth-order valence-corrected chi connectivity index (χ4v) is 10.3. The summed E-state index contributed by atoms with van der Waals surface area (Å²) in [4.78, 5) is 38.2. The van der Waals surface area contributed by atoms with Crippen molar-refractivity contribution in [2.24, 2.45) is 0 Å². The van der Waals surface area contributed by atoms with Gasteiger partial charge in [-0.1, -0.05) is 349 Å². The van der Waals surface area contributed by atoms with Crippen molar-refractivity contribution in [3.63, 3.8) is 0 Å². The Bertz CT molecular complexity index is 1610. The largest absolute Gasteiger partial charge is 0.462 e. The SMILES string of the molecule is CC/C=C\C/C=C\C/C=C\C/C=C\C/C=C\C/C=C\C/C=C\C/C=C\CCCCCCCCCCCCC(=O)OCC(COC(=O)CCCCCCCCC)OC(=O)CCCCCCCCCCCCCCCCCCCCCCCCC. The second kappa shape index (κ2) is 70.8. The molecular weight excluding hydrogens is 1020 g/mol. The fourth-order valence-electron chi connectivity index (χ4n) is 10.3. The van der Waals surface area contributed by atoms with E-state index in [1.165, 1.54) is 205 Å². The molecule has 1 unspecified atom stereocenters. The molecule has 0 aliphatic heterocycles. The highest BCUT2D eigenvalue weighted by Gasteiger charge is 2.19. The first kappa shape index (κ1) is 79.3. The molecule has 0 fully saturated rings. The summed E-state index contributed by atoms with van der Waals surface area (Å²) >= 11 is 0. The Morgan fingerprint density at radius 2 is 0.470 bits per heavy atom. The number of rotatable bonds is 65. The van der Waals surface area contributed by atoms with Gasteiger partial charge in [0.25, 0.3) is 0 Å². The molecule has 0 spiro atoms. The van der Waals surface area contributed by atoms with E-state index in [2.05, 4.69) is 118 Å². The van der Waals surface area contributed by atoms with Crippen LogP contribution in [0, 0.1) is 0 Å². The third kappa shape index (κ3) is 69.0. The van der Waals surface area contributed by atoms with Gasteiger partial charge in [-0.05, 0) is 83.5 Å². The lowest BCUT2D eigenvalue weighted by atomic mass is 10.0. The van der Waals surface area contributed by atoms with Crippen LogP contribution >= 0.6 is 0 Å². The van der Waals surface area contributed by atoms with Crippen LogP contribution in [0.3, 0.4) is 0 Å². The van der Waals surface area contributed by atoms with Gasteiger partial charge >= 0.3 is 17.9 Å². The third-order valence-corrected chi connectivity index (χ3v) is 15.6. The first-order valence-corrected chi connectivity index (χ1v) is 35.7. The number of esters is 3. The van der Waals surface area contributed by atoms with Gasteiger partial charge in [0.15, 0.2) is 6.10 Å². The summed E-state index contributed by atoms with van der Waals surface area (Å²) in [5, 5.41) is 0. The zero-order chi connectivity index (χ0) is 59.9. The Morgan fingerprint density at radius 3 is 0.735 bits per heavy atom. The predicted molar refractivity (Wildman–Crippen MR) is 362 cm³/mol. The molecule has 0 radical (unpaired) electrons. The quantitative estimate of drug-likeness (QED) is 0.0261. The lowest BCUT2D eigenvalue weighted by molar-refractivity contribution is -0.167. The van der Waals surface area contributed by atoms with Crippen molar-refractivity contribution < 1.29 is 28.6 Å². The molecule has 1 atom stereocenters. The van der Waals surface area contributed by atoms with Crippen molar-refractivity contribution in [3.8, 4) is 0 Å². The minimum absolute atomic E-state index is 0.0735. The highest BCUT2D eigenvalue weighted by molar-refractivity contribution is 5.71. The van der Waals surface area contributed by atoms with Gasteiger partial charge in [-0.3, -0.25) is 14.4 Å². The first-order valence-electron chi connectivity index (χ1n) is 35.7. The van der Waals surface area contributed by atoms with Gasteiger partial charge in [0.1, 0.15) is 13.2 Å². The van der Waals surface area contributed by atoms with Crippen LogP contribution in [0.5, 0.6) is 0 Å². The van der Waals surface area contributed by atoms with Crippen LogP contribution in [0.4, 0.5) is 0 Å². The van der Waals surface area contributed by atoms with Crippen LogP contribution in [-0.2, 0) is 28.6 Å². The molecule has 0 bridgehead atoms. The topological polar surface area (TPSA) is 78.9 Å². The lowest BCUT2D eigenvalue weighted by Gasteiger charge is -2.18. The average molecular weight is 1160 g/mol. The molecule has 0 saturated carbocycles. The Hall–Kier alpha value is -3.67. The molecule has 83 heavy (non-hydrogen) atoms. The summed E-state index contributed by atoms with van der Waals surface area (Å²) in [5.74, 6) is -0.867. The number of carbonyl (C=O) groups is 3. The summed E-state index contributed by atoms with van der Waals surface area (Å²) in [7, 11) is 0. The molecule has 0 aromatic heterocycles. The van der Waals surface area contributed by atoms with E-state index in [0.717, 1.165) is 109 Å². The van der Waals surface area contributed by atoms with Gasteiger partial charge in [-0.25, -0.2) is 0 Å². The van der Waals surface area contributed by atoms with E-state index in [4.69, 9.17) is 14.2 Å². The predicted octanol–water partition coefficient (Wildman–Crippen LogP) is 24.8. The molecule has 0 heterocycles. The van der Waals surface area contributed by atoms with E-state index in [-0.39, 0.29) is 31.1 Å². The molecule has 0 aromatic rings. The molecule has 478 valence electrons. The third-order valence-electron chi connectivity index (χ3n) is 15.6. The summed E-state index contributed by atoms with van der Waals surface area (Å²) < 4.78 is 16.9. The monoisotopic (exact) mass is 1160 g/mol. The van der Waals surface area contributed by atoms with Crippen molar-refractivity contribution in [2.45, 2.75) is 361 Å². The Morgan fingerprint density at radius 1 is 0.253 bits per heavy atom. The van der Waals surface area contributed by atoms with Crippen molar-refractivity contribution in [3.05, 3.63) is 97.2 Å². The van der Waals surface area contributed by atoms with Gasteiger partial charge in [0.05, 0.1) is 0 Å². The van der Waals surface area contributed by atoms with Gasteiger partial charge in [0, 0.05) is 19.3 Å². The summed E-state index contributed by atoms with van der Waals surface area (Å²) in [5.41, 5.74) is 0. The van der Waals surface area contributed by atoms with E-state index < -0.39 is 6.10 Å². The van der Waals surface area contributed by atoms with Gasteiger partial charge in [0.2, 0.25) is 0 Å². The van der Waals surface area contributed by atoms with E-state index in [1.807, 2.05) is 0 Å². The minimum Gasteiger partial charge on any atom is -0.462 e. The normalized spacial score (nSPS) is 12.7.